The summed E-state index contributed by atoms with van der Waals surface area (Å²) in [6.07, 6.45) is 2.82. The Balaban J connectivity index is 1.77. The van der Waals surface area contributed by atoms with E-state index in [2.05, 4.69) is 5.32 Å². The maximum atomic E-state index is 12.9. The monoisotopic (exact) mass is 354 g/mol. The van der Waals surface area contributed by atoms with Crippen molar-refractivity contribution in [1.82, 2.24) is 10.2 Å². The molecule has 130 valence electrons. The zero-order valence-corrected chi connectivity index (χ0v) is 15.3. The Kier molecular flexibility index (Phi) is 5.43. The van der Waals surface area contributed by atoms with E-state index >= 15 is 0 Å². The molecular formula is C20H22N2O2S. The van der Waals surface area contributed by atoms with Crippen molar-refractivity contribution in [1.29, 1.82) is 0 Å². The minimum atomic E-state index is -0.548. The predicted molar refractivity (Wildman–Crippen MR) is 100 cm³/mol. The van der Waals surface area contributed by atoms with E-state index in [1.54, 1.807) is 16.7 Å². The number of nitrogens with zero attached hydrogens (tertiary/aromatic N) is 1. The lowest BCUT2D eigenvalue weighted by molar-refractivity contribution is -0.139. The molecule has 0 saturated carbocycles. The van der Waals surface area contributed by atoms with Gasteiger partial charge in [0.1, 0.15) is 6.04 Å². The molecular weight excluding hydrogens is 332 g/mol. The third-order valence-electron chi connectivity index (χ3n) is 4.56. The van der Waals surface area contributed by atoms with Gasteiger partial charge in [-0.15, -0.1) is 11.8 Å². The topological polar surface area (TPSA) is 49.4 Å². The van der Waals surface area contributed by atoms with E-state index in [1.165, 1.54) is 11.8 Å². The summed E-state index contributed by atoms with van der Waals surface area (Å²) in [6.45, 7) is 2.56. The van der Waals surface area contributed by atoms with E-state index in [9.17, 15) is 9.59 Å². The molecule has 0 aliphatic carbocycles. The van der Waals surface area contributed by atoms with Gasteiger partial charge in [0.15, 0.2) is 0 Å². The number of thioether (sulfide) groups is 1. The number of carbonyl (C=O) groups is 2. The van der Waals surface area contributed by atoms with E-state index in [0.717, 1.165) is 23.1 Å². The fourth-order valence-corrected chi connectivity index (χ4v) is 3.63. The van der Waals surface area contributed by atoms with Crippen molar-refractivity contribution in [3.8, 4) is 0 Å². The fourth-order valence-electron chi connectivity index (χ4n) is 3.22. The SMILES string of the molecule is CSc1ccc(CNC(=O)[C@@H]2c3ccccc3CCN2C(C)=O)cc1. The van der Waals surface area contributed by atoms with Crippen LogP contribution in [0.1, 0.15) is 29.7 Å². The highest BCUT2D eigenvalue weighted by Crippen LogP contribution is 2.30. The minimum Gasteiger partial charge on any atom is -0.350 e. The Morgan fingerprint density at radius 3 is 2.56 bits per heavy atom. The fraction of sp³-hybridized carbons (Fsp3) is 0.300. The van der Waals surface area contributed by atoms with Crippen molar-refractivity contribution in [2.45, 2.75) is 30.8 Å². The Morgan fingerprint density at radius 1 is 1.16 bits per heavy atom. The highest BCUT2D eigenvalue weighted by atomic mass is 32.2. The van der Waals surface area contributed by atoms with Crippen LogP contribution in [0.25, 0.3) is 0 Å². The van der Waals surface area contributed by atoms with Crippen molar-refractivity contribution >= 4 is 23.6 Å². The van der Waals surface area contributed by atoms with Crippen LogP contribution in [0.2, 0.25) is 0 Å². The number of amides is 2. The summed E-state index contributed by atoms with van der Waals surface area (Å²) in [4.78, 5) is 27.7. The van der Waals surface area contributed by atoms with Gasteiger partial charge in [-0.05, 0) is 41.5 Å². The van der Waals surface area contributed by atoms with E-state index in [1.807, 2.05) is 54.8 Å². The molecule has 0 saturated heterocycles. The van der Waals surface area contributed by atoms with E-state index in [0.29, 0.717) is 13.1 Å². The molecule has 2 aromatic carbocycles. The van der Waals surface area contributed by atoms with Crippen molar-refractivity contribution in [3.63, 3.8) is 0 Å². The summed E-state index contributed by atoms with van der Waals surface area (Å²) >= 11 is 1.69. The van der Waals surface area contributed by atoms with Crippen molar-refractivity contribution in [2.75, 3.05) is 12.8 Å². The zero-order valence-electron chi connectivity index (χ0n) is 14.5. The molecule has 4 nitrogen and oxygen atoms in total. The van der Waals surface area contributed by atoms with Gasteiger partial charge in [-0.1, -0.05) is 36.4 Å². The number of hydrogen-bond acceptors (Lipinski definition) is 3. The van der Waals surface area contributed by atoms with E-state index in [-0.39, 0.29) is 11.8 Å². The summed E-state index contributed by atoms with van der Waals surface area (Å²) in [6, 6.07) is 15.5. The summed E-state index contributed by atoms with van der Waals surface area (Å²) < 4.78 is 0. The first-order chi connectivity index (χ1) is 12.1. The normalized spacial score (nSPS) is 16.2. The highest BCUT2D eigenvalue weighted by molar-refractivity contribution is 7.98. The smallest absolute Gasteiger partial charge is 0.247 e. The standard InChI is InChI=1S/C20H22N2O2S/c1-14(23)22-12-11-16-5-3-4-6-18(16)19(22)20(24)21-13-15-7-9-17(25-2)10-8-15/h3-10,19H,11-13H2,1-2H3,(H,21,24)/t19-/m0/s1. The van der Waals surface area contributed by atoms with Crippen LogP contribution >= 0.6 is 11.8 Å². The first-order valence-electron chi connectivity index (χ1n) is 8.36. The quantitative estimate of drug-likeness (QED) is 0.858. The average molecular weight is 354 g/mol. The molecule has 0 spiro atoms. The molecule has 25 heavy (non-hydrogen) atoms. The lowest BCUT2D eigenvalue weighted by Gasteiger charge is -2.35. The maximum Gasteiger partial charge on any atom is 0.247 e. The molecule has 0 aromatic heterocycles. The summed E-state index contributed by atoms with van der Waals surface area (Å²) in [5.41, 5.74) is 3.12. The highest BCUT2D eigenvalue weighted by Gasteiger charge is 2.34. The molecule has 1 atom stereocenters. The van der Waals surface area contributed by atoms with Crippen molar-refractivity contribution in [3.05, 3.63) is 65.2 Å². The molecule has 5 heteroatoms. The van der Waals surface area contributed by atoms with Gasteiger partial charge in [-0.25, -0.2) is 0 Å². The number of benzene rings is 2. The van der Waals surface area contributed by atoms with Crippen LogP contribution in [0.5, 0.6) is 0 Å². The Hall–Kier alpha value is -2.27. The first-order valence-corrected chi connectivity index (χ1v) is 9.58. The summed E-state index contributed by atoms with van der Waals surface area (Å²) in [5.74, 6) is -0.199. The van der Waals surface area contributed by atoms with Crippen LogP contribution in [0, 0.1) is 0 Å². The van der Waals surface area contributed by atoms with Crippen LogP contribution in [0.4, 0.5) is 0 Å². The number of rotatable bonds is 4. The molecule has 1 N–H and O–H groups in total. The third-order valence-corrected chi connectivity index (χ3v) is 5.31. The van der Waals surface area contributed by atoms with Gasteiger partial charge >= 0.3 is 0 Å². The largest absolute Gasteiger partial charge is 0.350 e. The molecule has 1 heterocycles. The molecule has 1 aliphatic heterocycles. The number of fused-ring (bicyclic) bond motifs is 1. The van der Waals surface area contributed by atoms with Crippen molar-refractivity contribution < 1.29 is 9.59 Å². The van der Waals surface area contributed by atoms with Gasteiger partial charge in [0.25, 0.3) is 0 Å². The van der Waals surface area contributed by atoms with Gasteiger partial charge in [0.2, 0.25) is 11.8 Å². The molecule has 3 rings (SSSR count). The van der Waals surface area contributed by atoms with Crippen LogP contribution < -0.4 is 5.32 Å². The average Bonchev–Trinajstić information content (AvgIpc) is 2.65. The number of nitrogens with one attached hydrogen (secondary N) is 1. The van der Waals surface area contributed by atoms with E-state index < -0.39 is 6.04 Å². The molecule has 2 amide bonds. The third kappa shape index (κ3) is 3.87. The Bertz CT molecular complexity index is 774. The predicted octanol–water partition coefficient (Wildman–Crippen LogP) is 3.17. The molecule has 0 radical (unpaired) electrons. The van der Waals surface area contributed by atoms with Gasteiger partial charge in [-0.3, -0.25) is 9.59 Å². The Morgan fingerprint density at radius 2 is 1.88 bits per heavy atom. The molecule has 1 aliphatic rings. The molecule has 0 fully saturated rings. The molecule has 0 unspecified atom stereocenters. The second-order valence-electron chi connectivity index (χ2n) is 6.13. The van der Waals surface area contributed by atoms with Crippen LogP contribution in [0.15, 0.2) is 53.4 Å². The lowest BCUT2D eigenvalue weighted by Crippen LogP contribution is -2.46. The molecule has 2 aromatic rings. The molecule has 0 bridgehead atoms. The van der Waals surface area contributed by atoms with Crippen LogP contribution in [-0.2, 0) is 22.6 Å². The number of hydrogen-bond donors (Lipinski definition) is 1. The van der Waals surface area contributed by atoms with Crippen LogP contribution in [-0.4, -0.2) is 29.5 Å². The second-order valence-corrected chi connectivity index (χ2v) is 7.01. The van der Waals surface area contributed by atoms with E-state index in [4.69, 9.17) is 0 Å². The van der Waals surface area contributed by atoms with Crippen molar-refractivity contribution in [2.24, 2.45) is 0 Å². The zero-order chi connectivity index (χ0) is 17.8. The van der Waals surface area contributed by atoms with Gasteiger partial charge < -0.3 is 10.2 Å². The minimum absolute atomic E-state index is 0.0704. The second kappa shape index (κ2) is 7.74. The van der Waals surface area contributed by atoms with Gasteiger partial charge in [-0.2, -0.15) is 0 Å². The summed E-state index contributed by atoms with van der Waals surface area (Å²) in [7, 11) is 0. The maximum absolute atomic E-state index is 12.9. The first kappa shape index (κ1) is 17.5. The van der Waals surface area contributed by atoms with Gasteiger partial charge in [0.05, 0.1) is 0 Å². The number of carbonyl (C=O) groups excluding carboxylic acids is 2. The summed E-state index contributed by atoms with van der Waals surface area (Å²) in [5, 5.41) is 2.99. The lowest BCUT2D eigenvalue weighted by atomic mass is 9.92. The van der Waals surface area contributed by atoms with Crippen LogP contribution in [0.3, 0.4) is 0 Å². The Labute approximate surface area is 152 Å². The van der Waals surface area contributed by atoms with Gasteiger partial charge in [0, 0.05) is 24.9 Å².